The van der Waals surface area contributed by atoms with Crippen LogP contribution in [0.5, 0.6) is 0 Å². The Balaban J connectivity index is 2.01. The Hall–Kier alpha value is -1.62. The summed E-state index contributed by atoms with van der Waals surface area (Å²) in [6.07, 6.45) is 2.31. The number of aliphatic hydroxyl groups is 1. The molecule has 0 radical (unpaired) electrons. The first-order valence-electron chi connectivity index (χ1n) is 6.38. The highest BCUT2D eigenvalue weighted by molar-refractivity contribution is 5.53. The normalized spacial score (nSPS) is 24.7. The molecule has 2 atom stereocenters. The minimum absolute atomic E-state index is 0.266. The van der Waals surface area contributed by atoms with E-state index in [0.717, 1.165) is 24.4 Å². The van der Waals surface area contributed by atoms with Crippen molar-refractivity contribution in [3.63, 3.8) is 0 Å². The van der Waals surface area contributed by atoms with Crippen molar-refractivity contribution in [2.45, 2.75) is 26.4 Å². The van der Waals surface area contributed by atoms with Crippen molar-refractivity contribution < 1.29 is 5.11 Å². The van der Waals surface area contributed by atoms with Crippen LogP contribution in [0.3, 0.4) is 0 Å². The number of piperidine rings is 1. The van der Waals surface area contributed by atoms with Gasteiger partial charge < -0.3 is 10.0 Å². The van der Waals surface area contributed by atoms with E-state index in [2.05, 4.69) is 34.9 Å². The third-order valence-corrected chi connectivity index (χ3v) is 3.75. The second-order valence-corrected chi connectivity index (χ2v) is 5.20. The summed E-state index contributed by atoms with van der Waals surface area (Å²) >= 11 is 0. The van der Waals surface area contributed by atoms with Gasteiger partial charge in [0.05, 0.1) is 6.10 Å². The molecule has 0 aromatic carbocycles. The zero-order chi connectivity index (χ0) is 12.7. The van der Waals surface area contributed by atoms with Gasteiger partial charge in [-0.2, -0.15) is 9.61 Å². The van der Waals surface area contributed by atoms with E-state index in [-0.39, 0.29) is 6.10 Å². The molecule has 1 aliphatic rings. The van der Waals surface area contributed by atoms with E-state index in [1.807, 2.05) is 10.6 Å². The van der Waals surface area contributed by atoms with Gasteiger partial charge in [-0.05, 0) is 37.0 Å². The van der Waals surface area contributed by atoms with Crippen LogP contribution in [-0.2, 0) is 0 Å². The number of β-amino-alcohol motifs (C(OH)–C–C–N with tert-alkyl or cyclic N) is 1. The lowest BCUT2D eigenvalue weighted by Gasteiger charge is -2.35. The average Bonchev–Trinajstić information content (AvgIpc) is 2.79. The standard InChI is InChI=1S/C13H18N4O/c1-9-5-12-14-8-15-17(12)13(6-9)16-4-3-10(2)11(18)7-16/h5-6,8,10-11,18H,3-4,7H2,1-2H3. The maximum Gasteiger partial charge on any atom is 0.157 e. The molecule has 1 fully saturated rings. The van der Waals surface area contributed by atoms with Crippen LogP contribution in [0.15, 0.2) is 18.5 Å². The predicted molar refractivity (Wildman–Crippen MR) is 69.7 cm³/mol. The number of aromatic nitrogens is 3. The molecule has 0 aliphatic carbocycles. The monoisotopic (exact) mass is 246 g/mol. The zero-order valence-corrected chi connectivity index (χ0v) is 10.7. The second-order valence-electron chi connectivity index (χ2n) is 5.20. The van der Waals surface area contributed by atoms with Crippen LogP contribution in [0, 0.1) is 12.8 Å². The number of hydrogen-bond donors (Lipinski definition) is 1. The van der Waals surface area contributed by atoms with Crippen LogP contribution in [0.1, 0.15) is 18.9 Å². The van der Waals surface area contributed by atoms with E-state index in [1.165, 1.54) is 5.56 Å². The molecular weight excluding hydrogens is 228 g/mol. The lowest BCUT2D eigenvalue weighted by atomic mass is 9.96. The molecule has 2 aromatic rings. The molecule has 2 unspecified atom stereocenters. The summed E-state index contributed by atoms with van der Waals surface area (Å²) in [6, 6.07) is 4.11. The molecule has 18 heavy (non-hydrogen) atoms. The molecule has 2 aromatic heterocycles. The Kier molecular flexibility index (Phi) is 2.70. The Labute approximate surface area is 106 Å². The summed E-state index contributed by atoms with van der Waals surface area (Å²) in [5.74, 6) is 1.39. The first-order valence-corrected chi connectivity index (χ1v) is 6.38. The van der Waals surface area contributed by atoms with Gasteiger partial charge in [0, 0.05) is 13.1 Å². The lowest BCUT2D eigenvalue weighted by Crippen LogP contribution is -2.43. The molecule has 0 amide bonds. The lowest BCUT2D eigenvalue weighted by molar-refractivity contribution is 0.102. The van der Waals surface area contributed by atoms with E-state index in [1.54, 1.807) is 6.33 Å². The summed E-state index contributed by atoms with van der Waals surface area (Å²) in [7, 11) is 0. The minimum atomic E-state index is -0.266. The SMILES string of the molecule is Cc1cc(N2CCC(C)C(O)C2)n2ncnc2c1. The van der Waals surface area contributed by atoms with Crippen molar-refractivity contribution in [2.24, 2.45) is 5.92 Å². The minimum Gasteiger partial charge on any atom is -0.391 e. The smallest absolute Gasteiger partial charge is 0.157 e. The molecule has 3 rings (SSSR count). The number of hydrogen-bond acceptors (Lipinski definition) is 4. The highest BCUT2D eigenvalue weighted by Crippen LogP contribution is 2.24. The van der Waals surface area contributed by atoms with Crippen LogP contribution in [-0.4, -0.2) is 38.9 Å². The second kappa shape index (κ2) is 4.24. The number of aliphatic hydroxyl groups excluding tert-OH is 1. The fourth-order valence-corrected chi connectivity index (χ4v) is 2.52. The average molecular weight is 246 g/mol. The van der Waals surface area contributed by atoms with Gasteiger partial charge in [0.15, 0.2) is 5.65 Å². The van der Waals surface area contributed by atoms with Crippen molar-refractivity contribution in [2.75, 3.05) is 18.0 Å². The summed E-state index contributed by atoms with van der Waals surface area (Å²) in [4.78, 5) is 6.43. The van der Waals surface area contributed by atoms with E-state index in [0.29, 0.717) is 12.5 Å². The summed E-state index contributed by atoms with van der Waals surface area (Å²) in [5, 5.41) is 14.3. The van der Waals surface area contributed by atoms with Gasteiger partial charge in [0.2, 0.25) is 0 Å². The van der Waals surface area contributed by atoms with Gasteiger partial charge in [-0.25, -0.2) is 4.98 Å². The molecule has 5 heteroatoms. The van der Waals surface area contributed by atoms with Crippen LogP contribution in [0.2, 0.25) is 0 Å². The van der Waals surface area contributed by atoms with E-state index < -0.39 is 0 Å². The van der Waals surface area contributed by atoms with Crippen LogP contribution < -0.4 is 4.90 Å². The largest absolute Gasteiger partial charge is 0.391 e. The van der Waals surface area contributed by atoms with Crippen LogP contribution in [0.25, 0.3) is 5.65 Å². The third kappa shape index (κ3) is 1.84. The Morgan fingerprint density at radius 1 is 1.39 bits per heavy atom. The Morgan fingerprint density at radius 2 is 2.22 bits per heavy atom. The number of aryl methyl sites for hydroxylation is 1. The summed E-state index contributed by atoms with van der Waals surface area (Å²) in [6.45, 7) is 5.78. The quantitative estimate of drug-likeness (QED) is 0.822. The fourth-order valence-electron chi connectivity index (χ4n) is 2.52. The van der Waals surface area contributed by atoms with Gasteiger partial charge in [0.1, 0.15) is 12.1 Å². The van der Waals surface area contributed by atoms with Gasteiger partial charge in [-0.1, -0.05) is 6.92 Å². The molecule has 0 bridgehead atoms. The van der Waals surface area contributed by atoms with Crippen molar-refractivity contribution in [1.29, 1.82) is 0 Å². The van der Waals surface area contributed by atoms with Crippen LogP contribution in [0.4, 0.5) is 5.82 Å². The highest BCUT2D eigenvalue weighted by atomic mass is 16.3. The van der Waals surface area contributed by atoms with Crippen molar-refractivity contribution >= 4 is 11.5 Å². The van der Waals surface area contributed by atoms with Crippen molar-refractivity contribution in [3.8, 4) is 0 Å². The van der Waals surface area contributed by atoms with E-state index in [9.17, 15) is 5.11 Å². The summed E-state index contributed by atoms with van der Waals surface area (Å²) < 4.78 is 1.84. The first-order chi connectivity index (χ1) is 8.65. The van der Waals surface area contributed by atoms with Crippen molar-refractivity contribution in [1.82, 2.24) is 14.6 Å². The van der Waals surface area contributed by atoms with Gasteiger partial charge in [-0.3, -0.25) is 0 Å². The maximum absolute atomic E-state index is 10.0. The third-order valence-electron chi connectivity index (χ3n) is 3.75. The summed E-state index contributed by atoms with van der Waals surface area (Å²) in [5.41, 5.74) is 2.02. The molecule has 1 saturated heterocycles. The molecule has 0 spiro atoms. The molecule has 3 heterocycles. The topological polar surface area (TPSA) is 53.7 Å². The number of fused-ring (bicyclic) bond motifs is 1. The molecule has 5 nitrogen and oxygen atoms in total. The first kappa shape index (κ1) is 11.5. The number of pyridine rings is 1. The van der Waals surface area contributed by atoms with Gasteiger partial charge in [-0.15, -0.1) is 0 Å². The molecular formula is C13H18N4O. The highest BCUT2D eigenvalue weighted by Gasteiger charge is 2.25. The molecule has 1 N–H and O–H groups in total. The molecule has 1 aliphatic heterocycles. The van der Waals surface area contributed by atoms with Crippen LogP contribution >= 0.6 is 0 Å². The van der Waals surface area contributed by atoms with E-state index in [4.69, 9.17) is 0 Å². The number of rotatable bonds is 1. The van der Waals surface area contributed by atoms with E-state index >= 15 is 0 Å². The Bertz CT molecular complexity index is 565. The number of anilines is 1. The predicted octanol–water partition coefficient (Wildman–Crippen LogP) is 1.24. The molecule has 96 valence electrons. The maximum atomic E-state index is 10.0. The van der Waals surface area contributed by atoms with Gasteiger partial charge in [0.25, 0.3) is 0 Å². The fraction of sp³-hybridized carbons (Fsp3) is 0.538. The Morgan fingerprint density at radius 3 is 3.00 bits per heavy atom. The van der Waals surface area contributed by atoms with Gasteiger partial charge >= 0.3 is 0 Å². The number of nitrogens with zero attached hydrogens (tertiary/aromatic N) is 4. The zero-order valence-electron chi connectivity index (χ0n) is 10.7. The van der Waals surface area contributed by atoms with Crippen molar-refractivity contribution in [3.05, 3.63) is 24.0 Å². The molecule has 0 saturated carbocycles.